The molecule has 3 aromatic heterocycles. The maximum absolute atomic E-state index is 4.67. The summed E-state index contributed by atoms with van der Waals surface area (Å²) in [5, 5.41) is 4.30. The number of aromatic nitrogens is 5. The molecule has 1 aliphatic rings. The van der Waals surface area contributed by atoms with Crippen molar-refractivity contribution in [3.8, 4) is 0 Å². The SMILES string of the molecule is Cc1nc2c3[se]c(N4CCCC4)nc3ncn2n1. The summed E-state index contributed by atoms with van der Waals surface area (Å²) < 4.78 is 4.14. The van der Waals surface area contributed by atoms with Gasteiger partial charge in [0.25, 0.3) is 0 Å². The van der Waals surface area contributed by atoms with Crippen LogP contribution in [0.1, 0.15) is 18.7 Å². The van der Waals surface area contributed by atoms with Crippen molar-refractivity contribution >= 4 is 34.7 Å². The van der Waals surface area contributed by atoms with E-state index in [1.54, 1.807) is 10.8 Å². The second-order valence-corrected chi connectivity index (χ2v) is 6.57. The molecule has 0 N–H and O–H groups in total. The van der Waals surface area contributed by atoms with Crippen molar-refractivity contribution in [3.63, 3.8) is 0 Å². The van der Waals surface area contributed by atoms with Crippen molar-refractivity contribution in [2.45, 2.75) is 19.8 Å². The van der Waals surface area contributed by atoms with Crippen molar-refractivity contribution in [1.82, 2.24) is 24.6 Å². The normalized spacial score (nSPS) is 16.2. The van der Waals surface area contributed by atoms with E-state index in [9.17, 15) is 0 Å². The van der Waals surface area contributed by atoms with Crippen LogP contribution in [0.15, 0.2) is 6.33 Å². The summed E-state index contributed by atoms with van der Waals surface area (Å²) in [6.07, 6.45) is 4.26. The average molecular weight is 307 g/mol. The molecule has 1 saturated heterocycles. The van der Waals surface area contributed by atoms with Gasteiger partial charge in [0.1, 0.15) is 0 Å². The number of hydrogen-bond acceptors (Lipinski definition) is 5. The molecular formula is C11H12N6Se. The van der Waals surface area contributed by atoms with Gasteiger partial charge in [-0.05, 0) is 0 Å². The van der Waals surface area contributed by atoms with Crippen molar-refractivity contribution in [1.29, 1.82) is 0 Å². The minimum absolute atomic E-state index is 0.217. The third-order valence-corrected chi connectivity index (χ3v) is 5.51. The fraction of sp³-hybridized carbons (Fsp3) is 0.455. The Morgan fingerprint density at radius 1 is 1.22 bits per heavy atom. The van der Waals surface area contributed by atoms with Crippen LogP contribution in [-0.4, -0.2) is 52.2 Å². The fourth-order valence-corrected chi connectivity index (χ4v) is 4.55. The van der Waals surface area contributed by atoms with Crippen molar-refractivity contribution in [2.75, 3.05) is 18.0 Å². The summed E-state index contributed by atoms with van der Waals surface area (Å²) in [7, 11) is 0. The summed E-state index contributed by atoms with van der Waals surface area (Å²) in [6, 6.07) is 0. The molecule has 0 radical (unpaired) electrons. The van der Waals surface area contributed by atoms with Crippen molar-refractivity contribution < 1.29 is 0 Å². The van der Waals surface area contributed by atoms with Gasteiger partial charge in [-0.2, -0.15) is 0 Å². The van der Waals surface area contributed by atoms with E-state index in [0.29, 0.717) is 0 Å². The second-order valence-electron chi connectivity index (χ2n) is 4.52. The van der Waals surface area contributed by atoms with Gasteiger partial charge in [0, 0.05) is 0 Å². The van der Waals surface area contributed by atoms with E-state index in [1.807, 2.05) is 6.92 Å². The van der Waals surface area contributed by atoms with Crippen LogP contribution in [-0.2, 0) is 0 Å². The number of rotatable bonds is 1. The minimum atomic E-state index is 0.217. The topological polar surface area (TPSA) is 59.2 Å². The van der Waals surface area contributed by atoms with E-state index in [4.69, 9.17) is 0 Å². The van der Waals surface area contributed by atoms with Crippen molar-refractivity contribution in [2.24, 2.45) is 0 Å². The quantitative estimate of drug-likeness (QED) is 0.618. The zero-order chi connectivity index (χ0) is 12.1. The van der Waals surface area contributed by atoms with E-state index in [0.717, 1.165) is 30.2 Å². The Bertz CT molecular complexity index is 724. The molecule has 92 valence electrons. The molecule has 0 aliphatic carbocycles. The number of fused-ring (bicyclic) bond motifs is 3. The van der Waals surface area contributed by atoms with E-state index in [1.165, 1.54) is 21.8 Å². The number of nitrogens with zero attached hydrogens (tertiary/aromatic N) is 6. The summed E-state index contributed by atoms with van der Waals surface area (Å²) >= 11 is 0.217. The molecule has 3 aromatic rings. The van der Waals surface area contributed by atoms with Gasteiger partial charge in [-0.3, -0.25) is 0 Å². The van der Waals surface area contributed by atoms with Crippen molar-refractivity contribution in [3.05, 3.63) is 12.2 Å². The summed E-state index contributed by atoms with van der Waals surface area (Å²) in [4.78, 5) is 15.9. The van der Waals surface area contributed by atoms with Gasteiger partial charge in [-0.25, -0.2) is 0 Å². The van der Waals surface area contributed by atoms with E-state index >= 15 is 0 Å². The molecule has 4 rings (SSSR count). The van der Waals surface area contributed by atoms with Gasteiger partial charge in [0.2, 0.25) is 0 Å². The summed E-state index contributed by atoms with van der Waals surface area (Å²) in [5.74, 6) is 0.788. The maximum atomic E-state index is 4.67. The molecule has 0 spiro atoms. The third kappa shape index (κ3) is 1.47. The first-order valence-electron chi connectivity index (χ1n) is 6.05. The summed E-state index contributed by atoms with van der Waals surface area (Å²) in [5.41, 5.74) is 1.77. The Labute approximate surface area is 109 Å². The number of aryl methyl sites for hydroxylation is 1. The van der Waals surface area contributed by atoms with E-state index in [2.05, 4.69) is 25.0 Å². The average Bonchev–Trinajstić information content (AvgIpc) is 3.05. The molecule has 0 bridgehead atoms. The van der Waals surface area contributed by atoms with Crippen LogP contribution >= 0.6 is 0 Å². The van der Waals surface area contributed by atoms with Gasteiger partial charge in [-0.1, -0.05) is 0 Å². The van der Waals surface area contributed by atoms with Gasteiger partial charge in [0.15, 0.2) is 0 Å². The molecule has 18 heavy (non-hydrogen) atoms. The first-order valence-corrected chi connectivity index (χ1v) is 7.76. The van der Waals surface area contributed by atoms with Crippen LogP contribution in [0.5, 0.6) is 0 Å². The van der Waals surface area contributed by atoms with E-state index < -0.39 is 0 Å². The van der Waals surface area contributed by atoms with Gasteiger partial charge < -0.3 is 0 Å². The molecule has 4 heterocycles. The molecule has 0 aromatic carbocycles. The molecule has 1 fully saturated rings. The van der Waals surface area contributed by atoms with Gasteiger partial charge >= 0.3 is 109 Å². The Morgan fingerprint density at radius 3 is 2.89 bits per heavy atom. The van der Waals surface area contributed by atoms with Crippen LogP contribution in [0.4, 0.5) is 4.69 Å². The van der Waals surface area contributed by atoms with E-state index in [-0.39, 0.29) is 14.5 Å². The third-order valence-electron chi connectivity index (χ3n) is 3.20. The van der Waals surface area contributed by atoms with Crippen LogP contribution in [0.25, 0.3) is 15.6 Å². The Kier molecular flexibility index (Phi) is 2.19. The number of anilines is 1. The number of hydrogen-bond donors (Lipinski definition) is 0. The first kappa shape index (κ1) is 10.5. The standard InChI is InChI=1S/C11H12N6Se/c1-7-13-10-8-9(12-6-17(10)15-7)14-11(18-8)16-4-2-3-5-16/h6H,2-5H2,1H3. The van der Waals surface area contributed by atoms with Crippen LogP contribution in [0.3, 0.4) is 0 Å². The van der Waals surface area contributed by atoms with Gasteiger partial charge in [-0.15, -0.1) is 0 Å². The predicted molar refractivity (Wildman–Crippen MR) is 69.2 cm³/mol. The monoisotopic (exact) mass is 308 g/mol. The zero-order valence-electron chi connectivity index (χ0n) is 10.00. The van der Waals surface area contributed by atoms with Crippen LogP contribution in [0.2, 0.25) is 0 Å². The molecule has 0 saturated carbocycles. The Hall–Kier alpha value is -1.46. The predicted octanol–water partition coefficient (Wildman–Crippen LogP) is 0.638. The Morgan fingerprint density at radius 2 is 2.06 bits per heavy atom. The Balaban J connectivity index is 1.95. The molecule has 1 aliphatic heterocycles. The molecular weight excluding hydrogens is 295 g/mol. The van der Waals surface area contributed by atoms with Gasteiger partial charge in [0.05, 0.1) is 0 Å². The molecule has 0 amide bonds. The first-order chi connectivity index (χ1) is 8.81. The molecule has 7 heteroatoms. The molecule has 6 nitrogen and oxygen atoms in total. The fourth-order valence-electron chi connectivity index (χ4n) is 2.35. The van der Waals surface area contributed by atoms with Crippen LogP contribution in [0, 0.1) is 6.92 Å². The summed E-state index contributed by atoms with van der Waals surface area (Å²) in [6.45, 7) is 4.18. The molecule has 0 unspecified atom stereocenters. The second kappa shape index (κ2) is 3.76. The van der Waals surface area contributed by atoms with Crippen LogP contribution < -0.4 is 4.90 Å². The molecule has 0 atom stereocenters. The zero-order valence-corrected chi connectivity index (χ0v) is 11.7.